The Kier molecular flexibility index (Phi) is 4.16. The average molecular weight is 301 g/mol. The number of rotatable bonds is 6. The fourth-order valence-corrected chi connectivity index (χ4v) is 3.66. The number of H-pyrrole nitrogens is 1. The standard InChI is InChI=1S/C17H23N3O2/c1-3-7-20(8-4-2)11-9-13-12(17(21)22)5-6-14-16(13)15(10-11)19-18-14/h5-6,11H,3-4,7-10H2,1-2H3,(H,18,19)(H,21,22). The van der Waals surface area contributed by atoms with Crippen molar-refractivity contribution in [1.82, 2.24) is 15.1 Å². The molecule has 0 radical (unpaired) electrons. The number of carboxylic acid groups (broad SMARTS) is 1. The molecular formula is C17H23N3O2. The van der Waals surface area contributed by atoms with Crippen LogP contribution in [0.3, 0.4) is 0 Å². The Morgan fingerprint density at radius 3 is 2.68 bits per heavy atom. The van der Waals surface area contributed by atoms with Gasteiger partial charge in [-0.1, -0.05) is 13.8 Å². The highest BCUT2D eigenvalue weighted by Gasteiger charge is 2.29. The van der Waals surface area contributed by atoms with Gasteiger partial charge in [-0.3, -0.25) is 10.00 Å². The molecule has 5 heteroatoms. The van der Waals surface area contributed by atoms with Gasteiger partial charge in [0.2, 0.25) is 0 Å². The lowest BCUT2D eigenvalue weighted by atomic mass is 9.86. The molecule has 3 rings (SSSR count). The van der Waals surface area contributed by atoms with E-state index in [2.05, 4.69) is 28.9 Å². The van der Waals surface area contributed by atoms with E-state index in [1.807, 2.05) is 0 Å². The molecule has 0 bridgehead atoms. The van der Waals surface area contributed by atoms with E-state index in [1.165, 1.54) is 0 Å². The van der Waals surface area contributed by atoms with Gasteiger partial charge in [0, 0.05) is 23.5 Å². The maximum absolute atomic E-state index is 11.6. The predicted molar refractivity (Wildman–Crippen MR) is 86.4 cm³/mol. The first-order valence-electron chi connectivity index (χ1n) is 8.11. The third-order valence-corrected chi connectivity index (χ3v) is 4.55. The Morgan fingerprint density at radius 1 is 1.32 bits per heavy atom. The summed E-state index contributed by atoms with van der Waals surface area (Å²) in [7, 11) is 0. The molecule has 22 heavy (non-hydrogen) atoms. The van der Waals surface area contributed by atoms with E-state index < -0.39 is 5.97 Å². The molecule has 0 fully saturated rings. The van der Waals surface area contributed by atoms with Gasteiger partial charge in [0.15, 0.2) is 0 Å². The first kappa shape index (κ1) is 15.0. The van der Waals surface area contributed by atoms with Crippen molar-refractivity contribution in [3.8, 4) is 0 Å². The molecule has 1 aromatic heterocycles. The monoisotopic (exact) mass is 301 g/mol. The van der Waals surface area contributed by atoms with E-state index >= 15 is 0 Å². The van der Waals surface area contributed by atoms with E-state index in [-0.39, 0.29) is 0 Å². The van der Waals surface area contributed by atoms with Crippen molar-refractivity contribution in [2.45, 2.75) is 45.6 Å². The van der Waals surface area contributed by atoms with Crippen molar-refractivity contribution in [2.75, 3.05) is 13.1 Å². The summed E-state index contributed by atoms with van der Waals surface area (Å²) in [4.78, 5) is 14.1. The van der Waals surface area contributed by atoms with E-state index in [1.54, 1.807) is 12.1 Å². The molecule has 2 aromatic rings. The smallest absolute Gasteiger partial charge is 0.335 e. The van der Waals surface area contributed by atoms with Crippen LogP contribution in [0.1, 0.15) is 48.3 Å². The lowest BCUT2D eigenvalue weighted by Crippen LogP contribution is -2.41. The lowest BCUT2D eigenvalue weighted by molar-refractivity contribution is 0.0695. The van der Waals surface area contributed by atoms with Crippen molar-refractivity contribution in [2.24, 2.45) is 0 Å². The first-order valence-corrected chi connectivity index (χ1v) is 8.11. The lowest BCUT2D eigenvalue weighted by Gasteiger charge is -2.34. The second-order valence-electron chi connectivity index (χ2n) is 6.09. The molecule has 0 amide bonds. The van der Waals surface area contributed by atoms with Crippen LogP contribution in [-0.2, 0) is 12.8 Å². The topological polar surface area (TPSA) is 69.2 Å². The van der Waals surface area contributed by atoms with Crippen molar-refractivity contribution in [1.29, 1.82) is 0 Å². The number of nitrogens with zero attached hydrogens (tertiary/aromatic N) is 2. The third-order valence-electron chi connectivity index (χ3n) is 4.55. The van der Waals surface area contributed by atoms with Crippen molar-refractivity contribution in [3.63, 3.8) is 0 Å². The number of carbonyl (C=O) groups is 1. The van der Waals surface area contributed by atoms with Crippen molar-refractivity contribution in [3.05, 3.63) is 29.0 Å². The quantitative estimate of drug-likeness (QED) is 0.861. The number of nitrogens with one attached hydrogen (secondary N) is 1. The summed E-state index contributed by atoms with van der Waals surface area (Å²) in [5, 5.41) is 18.0. The van der Waals surface area contributed by atoms with E-state index in [0.717, 1.165) is 60.9 Å². The predicted octanol–water partition coefficient (Wildman–Crippen LogP) is 2.85. The van der Waals surface area contributed by atoms with Crippen LogP contribution in [0.15, 0.2) is 12.1 Å². The average Bonchev–Trinajstić information content (AvgIpc) is 2.91. The first-order chi connectivity index (χ1) is 10.7. The largest absolute Gasteiger partial charge is 0.478 e. The summed E-state index contributed by atoms with van der Waals surface area (Å²) < 4.78 is 0. The van der Waals surface area contributed by atoms with Gasteiger partial charge in [0.1, 0.15) is 0 Å². The van der Waals surface area contributed by atoms with Crippen molar-refractivity contribution >= 4 is 16.9 Å². The van der Waals surface area contributed by atoms with Gasteiger partial charge in [-0.25, -0.2) is 4.79 Å². The maximum atomic E-state index is 11.6. The SMILES string of the molecule is CCCN(CCC)C1Cc2[nH]nc3ccc(C(=O)O)c(c23)C1. The Balaban J connectivity index is 2.02. The number of hydrogen-bond donors (Lipinski definition) is 2. The Bertz CT molecular complexity index is 687. The molecule has 5 nitrogen and oxygen atoms in total. The minimum Gasteiger partial charge on any atom is -0.478 e. The van der Waals surface area contributed by atoms with Gasteiger partial charge in [-0.05, 0) is 50.0 Å². The van der Waals surface area contributed by atoms with E-state index in [9.17, 15) is 9.90 Å². The van der Waals surface area contributed by atoms with Gasteiger partial charge in [-0.15, -0.1) is 0 Å². The van der Waals surface area contributed by atoms with Crippen LogP contribution >= 0.6 is 0 Å². The zero-order chi connectivity index (χ0) is 15.7. The summed E-state index contributed by atoms with van der Waals surface area (Å²) in [5.41, 5.74) is 3.34. The van der Waals surface area contributed by atoms with Crippen LogP contribution in [0.5, 0.6) is 0 Å². The summed E-state index contributed by atoms with van der Waals surface area (Å²) in [6, 6.07) is 3.85. The Morgan fingerprint density at radius 2 is 2.05 bits per heavy atom. The van der Waals surface area contributed by atoms with Crippen molar-refractivity contribution < 1.29 is 9.90 Å². The Hall–Kier alpha value is -1.88. The highest BCUT2D eigenvalue weighted by molar-refractivity contribution is 5.98. The molecule has 118 valence electrons. The maximum Gasteiger partial charge on any atom is 0.335 e. The number of hydrogen-bond acceptors (Lipinski definition) is 3. The van der Waals surface area contributed by atoms with Crippen LogP contribution in [0, 0.1) is 0 Å². The normalized spacial score (nSPS) is 17.3. The molecule has 1 atom stereocenters. The number of aromatic carboxylic acids is 1. The fourth-order valence-electron chi connectivity index (χ4n) is 3.66. The minimum absolute atomic E-state index is 0.358. The summed E-state index contributed by atoms with van der Waals surface area (Å²) in [6.45, 7) is 6.49. The number of aromatic amines is 1. The van der Waals surface area contributed by atoms with Gasteiger partial charge >= 0.3 is 5.97 Å². The molecule has 2 N–H and O–H groups in total. The van der Waals surface area contributed by atoms with Crippen LogP contribution in [0.25, 0.3) is 10.9 Å². The zero-order valence-corrected chi connectivity index (χ0v) is 13.2. The molecule has 1 heterocycles. The molecule has 0 saturated heterocycles. The van der Waals surface area contributed by atoms with Gasteiger partial charge in [-0.2, -0.15) is 5.10 Å². The zero-order valence-electron chi connectivity index (χ0n) is 13.2. The van der Waals surface area contributed by atoms with E-state index in [0.29, 0.717) is 11.6 Å². The molecule has 1 aliphatic carbocycles. The molecule has 1 aromatic carbocycles. The van der Waals surface area contributed by atoms with Crippen LogP contribution in [-0.4, -0.2) is 45.3 Å². The number of aromatic nitrogens is 2. The second-order valence-corrected chi connectivity index (χ2v) is 6.09. The molecule has 0 aliphatic heterocycles. The highest BCUT2D eigenvalue weighted by Crippen LogP contribution is 2.32. The molecule has 0 saturated carbocycles. The summed E-state index contributed by atoms with van der Waals surface area (Å²) in [6.07, 6.45) is 3.95. The third kappa shape index (κ3) is 2.50. The second kappa shape index (κ2) is 6.08. The van der Waals surface area contributed by atoms with Crippen LogP contribution < -0.4 is 0 Å². The minimum atomic E-state index is -0.845. The summed E-state index contributed by atoms with van der Waals surface area (Å²) >= 11 is 0. The number of carboxylic acids is 1. The fraction of sp³-hybridized carbons (Fsp3) is 0.529. The molecular weight excluding hydrogens is 278 g/mol. The molecule has 0 spiro atoms. The summed E-state index contributed by atoms with van der Waals surface area (Å²) in [5.74, 6) is -0.845. The molecule has 1 unspecified atom stereocenters. The van der Waals surface area contributed by atoms with Gasteiger partial charge in [0.05, 0.1) is 11.1 Å². The van der Waals surface area contributed by atoms with Crippen LogP contribution in [0.4, 0.5) is 0 Å². The number of benzene rings is 1. The van der Waals surface area contributed by atoms with Gasteiger partial charge in [0.25, 0.3) is 0 Å². The molecule has 1 aliphatic rings. The highest BCUT2D eigenvalue weighted by atomic mass is 16.4. The van der Waals surface area contributed by atoms with Gasteiger partial charge < -0.3 is 5.11 Å². The Labute approximate surface area is 130 Å². The van der Waals surface area contributed by atoms with Crippen LogP contribution in [0.2, 0.25) is 0 Å². The van der Waals surface area contributed by atoms with E-state index in [4.69, 9.17) is 0 Å².